The Balaban J connectivity index is 0.00000192. The van der Waals surface area contributed by atoms with Crippen LogP contribution in [0.15, 0.2) is 15.9 Å². The van der Waals surface area contributed by atoms with Crippen molar-refractivity contribution in [1.29, 1.82) is 5.41 Å². The van der Waals surface area contributed by atoms with Gasteiger partial charge in [-0.1, -0.05) is 0 Å². The van der Waals surface area contributed by atoms with Crippen LogP contribution in [0.2, 0.25) is 0 Å². The van der Waals surface area contributed by atoms with Crippen LogP contribution in [0.3, 0.4) is 0 Å². The summed E-state index contributed by atoms with van der Waals surface area (Å²) in [4.78, 5) is 30.5. The molecule has 3 rings (SSSR count). The zero-order chi connectivity index (χ0) is 15.9. The Bertz CT molecular complexity index is 843. The van der Waals surface area contributed by atoms with Crippen molar-refractivity contribution in [2.24, 2.45) is 14.1 Å². The summed E-state index contributed by atoms with van der Waals surface area (Å²) in [5.74, 6) is 0.481. The van der Waals surface area contributed by atoms with Crippen molar-refractivity contribution in [2.45, 2.75) is 25.8 Å². The van der Waals surface area contributed by atoms with Gasteiger partial charge in [-0.05, 0) is 19.3 Å². The lowest BCUT2D eigenvalue weighted by Gasteiger charge is -2.29. The number of rotatable bonds is 2. The second-order valence-electron chi connectivity index (χ2n) is 5.74. The Labute approximate surface area is 139 Å². The number of hydrogen-bond acceptors (Lipinski definition) is 4. The molecule has 8 nitrogen and oxygen atoms in total. The Morgan fingerprint density at radius 2 is 1.83 bits per heavy atom. The minimum atomic E-state index is -0.395. The second-order valence-corrected chi connectivity index (χ2v) is 5.74. The van der Waals surface area contributed by atoms with Crippen molar-refractivity contribution in [1.82, 2.24) is 23.6 Å². The maximum absolute atomic E-state index is 12.3. The first-order valence-electron chi connectivity index (χ1n) is 7.44. The van der Waals surface area contributed by atoms with Crippen LogP contribution in [0.1, 0.15) is 19.3 Å². The van der Waals surface area contributed by atoms with Crippen LogP contribution in [-0.2, 0) is 20.6 Å². The molecule has 0 bridgehead atoms. The highest BCUT2D eigenvalue weighted by Crippen LogP contribution is 2.11. The maximum Gasteiger partial charge on any atom is 0.332 e. The van der Waals surface area contributed by atoms with E-state index in [-0.39, 0.29) is 18.0 Å². The molecular formula is C14H21ClN6O2. The van der Waals surface area contributed by atoms with E-state index in [4.69, 9.17) is 5.41 Å². The first-order valence-corrected chi connectivity index (χ1v) is 7.44. The summed E-state index contributed by atoms with van der Waals surface area (Å²) in [6, 6.07) is 0. The van der Waals surface area contributed by atoms with Crippen LogP contribution in [0.4, 0.5) is 0 Å². The molecule has 1 N–H and O–H groups in total. The van der Waals surface area contributed by atoms with Gasteiger partial charge in [0.05, 0.1) is 12.9 Å². The van der Waals surface area contributed by atoms with Gasteiger partial charge >= 0.3 is 5.69 Å². The van der Waals surface area contributed by atoms with Gasteiger partial charge in [0, 0.05) is 27.2 Å². The third-order valence-corrected chi connectivity index (χ3v) is 4.28. The molecule has 1 aliphatic rings. The quantitative estimate of drug-likeness (QED) is 0.630. The lowest BCUT2D eigenvalue weighted by atomic mass is 10.1. The molecule has 1 saturated heterocycles. The summed E-state index contributed by atoms with van der Waals surface area (Å²) in [6.07, 6.45) is 4.94. The van der Waals surface area contributed by atoms with Gasteiger partial charge in [0.15, 0.2) is 11.2 Å². The molecule has 0 radical (unpaired) electrons. The minimum absolute atomic E-state index is 0. The second kappa shape index (κ2) is 6.57. The molecule has 0 amide bonds. The molecule has 0 aromatic carbocycles. The summed E-state index contributed by atoms with van der Waals surface area (Å²) < 4.78 is 4.09. The van der Waals surface area contributed by atoms with Crippen LogP contribution < -0.4 is 11.2 Å². The average Bonchev–Trinajstić information content (AvgIpc) is 2.95. The number of imidazole rings is 1. The van der Waals surface area contributed by atoms with Crippen molar-refractivity contribution in [3.63, 3.8) is 0 Å². The van der Waals surface area contributed by atoms with Gasteiger partial charge < -0.3 is 9.47 Å². The van der Waals surface area contributed by atoms with E-state index in [1.807, 2.05) is 4.90 Å². The van der Waals surface area contributed by atoms with E-state index >= 15 is 0 Å². The van der Waals surface area contributed by atoms with E-state index in [1.54, 1.807) is 11.6 Å². The topological polar surface area (TPSA) is 88.9 Å². The van der Waals surface area contributed by atoms with Crippen LogP contribution in [0.25, 0.3) is 11.2 Å². The Morgan fingerprint density at radius 3 is 2.48 bits per heavy atom. The van der Waals surface area contributed by atoms with E-state index in [0.717, 1.165) is 30.5 Å². The molecule has 126 valence electrons. The number of likely N-dealkylation sites (tertiary alicyclic amines) is 1. The molecule has 3 heterocycles. The van der Waals surface area contributed by atoms with Gasteiger partial charge in [0.1, 0.15) is 5.84 Å². The monoisotopic (exact) mass is 340 g/mol. The molecule has 0 unspecified atom stereocenters. The zero-order valence-corrected chi connectivity index (χ0v) is 14.1. The first kappa shape index (κ1) is 17.3. The summed E-state index contributed by atoms with van der Waals surface area (Å²) in [7, 11) is 3.05. The van der Waals surface area contributed by atoms with Gasteiger partial charge in [-0.3, -0.25) is 19.3 Å². The number of aromatic nitrogens is 4. The predicted octanol–water partition coefficient (Wildman–Crippen LogP) is 0.319. The smallest absolute Gasteiger partial charge is 0.332 e. The number of nitrogens with one attached hydrogen (secondary N) is 1. The minimum Gasteiger partial charge on any atom is -0.359 e. The number of amidine groups is 1. The number of hydrogen-bond donors (Lipinski definition) is 1. The largest absolute Gasteiger partial charge is 0.359 e. The number of aryl methyl sites for hydroxylation is 1. The third kappa shape index (κ3) is 2.90. The van der Waals surface area contributed by atoms with Gasteiger partial charge in [0.2, 0.25) is 0 Å². The number of piperidine rings is 1. The summed E-state index contributed by atoms with van der Waals surface area (Å²) in [6.45, 7) is 2.08. The number of fused-ring (bicyclic) bond motifs is 1. The van der Waals surface area contributed by atoms with E-state index in [1.165, 1.54) is 24.4 Å². The fraction of sp³-hybridized carbons (Fsp3) is 0.571. The summed E-state index contributed by atoms with van der Waals surface area (Å²) in [5, 5.41) is 8.25. The van der Waals surface area contributed by atoms with Gasteiger partial charge in [-0.15, -0.1) is 12.4 Å². The molecule has 1 fully saturated rings. The summed E-state index contributed by atoms with van der Waals surface area (Å²) in [5.41, 5.74) is -0.0400. The Morgan fingerprint density at radius 1 is 1.17 bits per heavy atom. The van der Waals surface area contributed by atoms with Crippen LogP contribution in [-0.4, -0.2) is 42.5 Å². The normalized spacial score (nSPS) is 14.8. The predicted molar refractivity (Wildman–Crippen MR) is 90.6 cm³/mol. The molecule has 23 heavy (non-hydrogen) atoms. The molecule has 2 aromatic rings. The van der Waals surface area contributed by atoms with E-state index in [9.17, 15) is 9.59 Å². The molecule has 0 saturated carbocycles. The zero-order valence-electron chi connectivity index (χ0n) is 13.3. The van der Waals surface area contributed by atoms with Crippen LogP contribution in [0.5, 0.6) is 0 Å². The highest BCUT2D eigenvalue weighted by Gasteiger charge is 2.18. The standard InChI is InChI=1S/C14H20N6O2.ClH/c1-17-12-11(13(21)18(2)14(17)22)20(9-16-12)8-10(15)19-6-4-3-5-7-19;/h9,15H,3-8H2,1-2H3;1H. The lowest BCUT2D eigenvalue weighted by molar-refractivity contribution is 0.332. The number of halogens is 1. The average molecular weight is 341 g/mol. The fourth-order valence-electron chi connectivity index (χ4n) is 2.94. The maximum atomic E-state index is 12.3. The molecule has 9 heteroatoms. The third-order valence-electron chi connectivity index (χ3n) is 4.28. The molecule has 0 spiro atoms. The van der Waals surface area contributed by atoms with Crippen molar-refractivity contribution in [3.05, 3.63) is 27.2 Å². The highest BCUT2D eigenvalue weighted by atomic mass is 35.5. The molecule has 0 atom stereocenters. The Hall–Kier alpha value is -2.09. The lowest BCUT2D eigenvalue weighted by Crippen LogP contribution is -2.39. The van der Waals surface area contributed by atoms with Crippen LogP contribution in [0, 0.1) is 5.41 Å². The first-order chi connectivity index (χ1) is 10.5. The van der Waals surface area contributed by atoms with Crippen molar-refractivity contribution < 1.29 is 0 Å². The van der Waals surface area contributed by atoms with E-state index in [0.29, 0.717) is 23.5 Å². The molecule has 0 aliphatic carbocycles. The van der Waals surface area contributed by atoms with Gasteiger partial charge in [0.25, 0.3) is 5.56 Å². The van der Waals surface area contributed by atoms with Crippen molar-refractivity contribution in [3.8, 4) is 0 Å². The molecule has 1 aliphatic heterocycles. The van der Waals surface area contributed by atoms with Gasteiger partial charge in [-0.25, -0.2) is 9.78 Å². The van der Waals surface area contributed by atoms with Crippen LogP contribution >= 0.6 is 12.4 Å². The number of nitrogens with zero attached hydrogens (tertiary/aromatic N) is 5. The SMILES string of the molecule is Cl.Cn1c(=O)c2c(ncn2CC(=N)N2CCCCC2)n(C)c1=O. The molecular weight excluding hydrogens is 320 g/mol. The molecule has 2 aromatic heterocycles. The summed E-state index contributed by atoms with van der Waals surface area (Å²) >= 11 is 0. The highest BCUT2D eigenvalue weighted by molar-refractivity contribution is 5.85. The van der Waals surface area contributed by atoms with E-state index < -0.39 is 5.69 Å². The van der Waals surface area contributed by atoms with Crippen molar-refractivity contribution in [2.75, 3.05) is 13.1 Å². The Kier molecular flexibility index (Phi) is 4.93. The van der Waals surface area contributed by atoms with E-state index in [2.05, 4.69) is 4.98 Å². The van der Waals surface area contributed by atoms with Crippen molar-refractivity contribution >= 4 is 29.4 Å². The van der Waals surface area contributed by atoms with Gasteiger partial charge in [-0.2, -0.15) is 0 Å². The fourth-order valence-corrected chi connectivity index (χ4v) is 2.94.